The first-order valence-electron chi connectivity index (χ1n) is 4.55. The van der Waals surface area contributed by atoms with Crippen molar-refractivity contribution in [2.75, 3.05) is 11.9 Å². The van der Waals surface area contributed by atoms with Crippen molar-refractivity contribution < 1.29 is 0 Å². The Bertz CT molecular complexity index is 306. The molecule has 1 heterocycles. The molecule has 78 valence electrons. The van der Waals surface area contributed by atoms with Crippen LogP contribution in [0.1, 0.15) is 20.3 Å². The first-order valence-corrected chi connectivity index (χ1v) is 5.72. The van der Waals surface area contributed by atoms with Crippen molar-refractivity contribution in [3.05, 3.63) is 16.0 Å². The lowest BCUT2D eigenvalue weighted by Gasteiger charge is -2.11. The van der Waals surface area contributed by atoms with Crippen molar-refractivity contribution in [3.63, 3.8) is 0 Å². The molecule has 0 radical (unpaired) electrons. The van der Waals surface area contributed by atoms with E-state index in [2.05, 4.69) is 45.1 Å². The van der Waals surface area contributed by atoms with E-state index in [4.69, 9.17) is 11.6 Å². The topological polar surface area (TPSA) is 37.8 Å². The van der Waals surface area contributed by atoms with Crippen LogP contribution < -0.4 is 5.32 Å². The van der Waals surface area contributed by atoms with Gasteiger partial charge in [0.1, 0.15) is 17.3 Å². The van der Waals surface area contributed by atoms with Gasteiger partial charge in [0.2, 0.25) is 0 Å². The van der Waals surface area contributed by atoms with E-state index in [1.54, 1.807) is 0 Å². The number of aromatic nitrogens is 2. The Morgan fingerprint density at radius 2 is 2.29 bits per heavy atom. The standard InChI is InChI=1S/C9H13BrClN3/c1-3-6(2)4-12-9-7(10)8(11)13-5-14-9/h5-6H,3-4H2,1-2H3,(H,12,13,14). The zero-order valence-corrected chi connectivity index (χ0v) is 10.6. The monoisotopic (exact) mass is 277 g/mol. The summed E-state index contributed by atoms with van der Waals surface area (Å²) in [6.07, 6.45) is 2.59. The number of nitrogens with zero attached hydrogens (tertiary/aromatic N) is 2. The van der Waals surface area contributed by atoms with E-state index in [1.165, 1.54) is 6.33 Å². The molecule has 5 heteroatoms. The Balaban J connectivity index is 2.63. The van der Waals surface area contributed by atoms with Crippen molar-refractivity contribution >= 4 is 33.3 Å². The molecule has 0 fully saturated rings. The van der Waals surface area contributed by atoms with Crippen LogP contribution >= 0.6 is 27.5 Å². The Morgan fingerprint density at radius 1 is 1.57 bits per heavy atom. The zero-order valence-electron chi connectivity index (χ0n) is 8.22. The van der Waals surface area contributed by atoms with E-state index < -0.39 is 0 Å². The van der Waals surface area contributed by atoms with Gasteiger partial charge in [0, 0.05) is 6.54 Å². The van der Waals surface area contributed by atoms with Gasteiger partial charge in [0.15, 0.2) is 0 Å². The lowest BCUT2D eigenvalue weighted by molar-refractivity contribution is 0.592. The lowest BCUT2D eigenvalue weighted by atomic mass is 10.1. The molecule has 14 heavy (non-hydrogen) atoms. The Hall–Kier alpha value is -0.350. The molecule has 0 amide bonds. The van der Waals surface area contributed by atoms with Gasteiger partial charge in [0.25, 0.3) is 0 Å². The summed E-state index contributed by atoms with van der Waals surface area (Å²) in [6.45, 7) is 5.24. The second kappa shape index (κ2) is 5.51. The van der Waals surface area contributed by atoms with E-state index in [0.717, 1.165) is 23.3 Å². The van der Waals surface area contributed by atoms with Crippen molar-refractivity contribution in [2.45, 2.75) is 20.3 Å². The van der Waals surface area contributed by atoms with E-state index in [0.29, 0.717) is 11.1 Å². The predicted molar refractivity (Wildman–Crippen MR) is 62.7 cm³/mol. The van der Waals surface area contributed by atoms with Gasteiger partial charge in [-0.15, -0.1) is 0 Å². The van der Waals surface area contributed by atoms with E-state index in [9.17, 15) is 0 Å². The summed E-state index contributed by atoms with van der Waals surface area (Å²) in [5, 5.41) is 3.66. The number of hydrogen-bond donors (Lipinski definition) is 1. The van der Waals surface area contributed by atoms with Crippen LogP contribution in [-0.2, 0) is 0 Å². The van der Waals surface area contributed by atoms with Crippen LogP contribution in [0.5, 0.6) is 0 Å². The fourth-order valence-corrected chi connectivity index (χ4v) is 1.36. The minimum Gasteiger partial charge on any atom is -0.369 e. The first kappa shape index (κ1) is 11.7. The molecule has 0 saturated carbocycles. The molecule has 1 aromatic rings. The Kier molecular flexibility index (Phi) is 4.62. The highest BCUT2D eigenvalue weighted by atomic mass is 79.9. The third-order valence-electron chi connectivity index (χ3n) is 2.06. The normalized spacial score (nSPS) is 12.6. The maximum absolute atomic E-state index is 5.83. The van der Waals surface area contributed by atoms with Crippen LogP contribution in [0.4, 0.5) is 5.82 Å². The fourth-order valence-electron chi connectivity index (χ4n) is 0.887. The molecule has 0 aromatic carbocycles. The summed E-state index contributed by atoms with van der Waals surface area (Å²) >= 11 is 9.16. The maximum Gasteiger partial charge on any atom is 0.148 e. The second-order valence-electron chi connectivity index (χ2n) is 3.22. The summed E-state index contributed by atoms with van der Waals surface area (Å²) in [4.78, 5) is 7.95. The molecule has 0 aliphatic heterocycles. The predicted octanol–water partition coefficient (Wildman–Crippen LogP) is 3.35. The minimum absolute atomic E-state index is 0.437. The molecule has 3 nitrogen and oxygen atoms in total. The molecule has 0 spiro atoms. The molecule has 0 aliphatic carbocycles. The maximum atomic E-state index is 5.83. The second-order valence-corrected chi connectivity index (χ2v) is 4.37. The molecule has 0 bridgehead atoms. The Labute approximate surface area is 97.4 Å². The van der Waals surface area contributed by atoms with Crippen LogP contribution in [0, 0.1) is 5.92 Å². The zero-order chi connectivity index (χ0) is 10.6. The SMILES string of the molecule is CCC(C)CNc1ncnc(Cl)c1Br. The molecule has 1 N–H and O–H groups in total. The fraction of sp³-hybridized carbons (Fsp3) is 0.556. The molecular weight excluding hydrogens is 265 g/mol. The summed E-state index contributed by atoms with van der Waals surface area (Å²) in [5.41, 5.74) is 0. The van der Waals surface area contributed by atoms with Gasteiger partial charge in [-0.3, -0.25) is 0 Å². The van der Waals surface area contributed by atoms with Gasteiger partial charge >= 0.3 is 0 Å². The minimum atomic E-state index is 0.437. The van der Waals surface area contributed by atoms with Crippen molar-refractivity contribution in [1.29, 1.82) is 0 Å². The third-order valence-corrected chi connectivity index (χ3v) is 3.33. The van der Waals surface area contributed by atoms with Gasteiger partial charge < -0.3 is 5.32 Å². The number of hydrogen-bond acceptors (Lipinski definition) is 3. The highest BCUT2D eigenvalue weighted by Crippen LogP contribution is 2.26. The number of rotatable bonds is 4. The quantitative estimate of drug-likeness (QED) is 0.858. The molecule has 0 aliphatic rings. The van der Waals surface area contributed by atoms with Crippen LogP contribution in [0.2, 0.25) is 5.15 Å². The summed E-state index contributed by atoms with van der Waals surface area (Å²) in [6, 6.07) is 0. The molecule has 1 aromatic heterocycles. The average molecular weight is 279 g/mol. The van der Waals surface area contributed by atoms with Crippen molar-refractivity contribution in [1.82, 2.24) is 9.97 Å². The van der Waals surface area contributed by atoms with Gasteiger partial charge in [0.05, 0.1) is 4.47 Å². The van der Waals surface area contributed by atoms with Crippen molar-refractivity contribution in [2.24, 2.45) is 5.92 Å². The number of halogens is 2. The number of anilines is 1. The van der Waals surface area contributed by atoms with E-state index in [1.807, 2.05) is 0 Å². The van der Waals surface area contributed by atoms with Crippen molar-refractivity contribution in [3.8, 4) is 0 Å². The van der Waals surface area contributed by atoms with Crippen LogP contribution in [0.3, 0.4) is 0 Å². The number of nitrogens with one attached hydrogen (secondary N) is 1. The summed E-state index contributed by atoms with van der Waals surface area (Å²) < 4.78 is 0.727. The Morgan fingerprint density at radius 3 is 2.93 bits per heavy atom. The smallest absolute Gasteiger partial charge is 0.148 e. The van der Waals surface area contributed by atoms with Gasteiger partial charge in [-0.1, -0.05) is 31.9 Å². The molecule has 1 atom stereocenters. The molecular formula is C9H13BrClN3. The third kappa shape index (κ3) is 3.10. The first-order chi connectivity index (χ1) is 6.65. The van der Waals surface area contributed by atoms with Crippen LogP contribution in [-0.4, -0.2) is 16.5 Å². The molecule has 1 unspecified atom stereocenters. The van der Waals surface area contributed by atoms with Gasteiger partial charge in [-0.2, -0.15) is 0 Å². The highest BCUT2D eigenvalue weighted by Gasteiger charge is 2.06. The molecule has 0 saturated heterocycles. The summed E-state index contributed by atoms with van der Waals surface area (Å²) in [7, 11) is 0. The van der Waals surface area contributed by atoms with Crippen LogP contribution in [0.25, 0.3) is 0 Å². The van der Waals surface area contributed by atoms with Crippen LogP contribution in [0.15, 0.2) is 10.8 Å². The van der Waals surface area contributed by atoms with E-state index in [-0.39, 0.29) is 0 Å². The van der Waals surface area contributed by atoms with E-state index >= 15 is 0 Å². The largest absolute Gasteiger partial charge is 0.369 e. The molecule has 1 rings (SSSR count). The summed E-state index contributed by atoms with van der Waals surface area (Å²) in [5.74, 6) is 1.38. The van der Waals surface area contributed by atoms with Gasteiger partial charge in [-0.25, -0.2) is 9.97 Å². The van der Waals surface area contributed by atoms with Gasteiger partial charge in [-0.05, 0) is 21.8 Å². The lowest BCUT2D eigenvalue weighted by Crippen LogP contribution is -2.11. The highest BCUT2D eigenvalue weighted by molar-refractivity contribution is 9.10. The average Bonchev–Trinajstić information content (AvgIpc) is 2.20.